The van der Waals surface area contributed by atoms with E-state index < -0.39 is 28.5 Å². The number of nitrogens with one attached hydrogen (secondary N) is 1. The summed E-state index contributed by atoms with van der Waals surface area (Å²) in [6, 6.07) is 19.3. The lowest BCUT2D eigenvalue weighted by molar-refractivity contribution is -0.139. The van der Waals surface area contributed by atoms with E-state index in [1.807, 2.05) is 6.92 Å². The van der Waals surface area contributed by atoms with Gasteiger partial charge < -0.3 is 10.2 Å². The molecule has 7 nitrogen and oxygen atoms in total. The Morgan fingerprint density at radius 1 is 1.03 bits per heavy atom. The van der Waals surface area contributed by atoms with Crippen LogP contribution in [0.2, 0.25) is 5.02 Å². The zero-order valence-electron chi connectivity index (χ0n) is 20.8. The highest BCUT2D eigenvalue weighted by atomic mass is 79.9. The van der Waals surface area contributed by atoms with Gasteiger partial charge in [-0.3, -0.25) is 13.9 Å². The Kier molecular flexibility index (Phi) is 9.75. The molecular formula is C27H29BrClN3O4S. The molecule has 1 N–H and O–H groups in total. The van der Waals surface area contributed by atoms with Gasteiger partial charge >= 0.3 is 0 Å². The van der Waals surface area contributed by atoms with Crippen molar-refractivity contribution in [2.75, 3.05) is 17.4 Å². The molecule has 0 unspecified atom stereocenters. The summed E-state index contributed by atoms with van der Waals surface area (Å²) in [7, 11) is -4.11. The minimum absolute atomic E-state index is 0.0593. The lowest BCUT2D eigenvalue weighted by Crippen LogP contribution is -2.51. The second-order valence-corrected chi connectivity index (χ2v) is 11.7. The standard InChI is InChI=1S/C27H29BrClN3O4S/c1-4-30-27(34)20(3)31(17-21-7-5-9-23(29)15-21)26(33)18-32(24-10-6-8-22(28)16-24)37(35,36)25-13-11-19(2)12-14-25/h5-16,20H,4,17-18H2,1-3H3,(H,30,34)/t20-/m1/s1. The van der Waals surface area contributed by atoms with E-state index in [9.17, 15) is 18.0 Å². The number of nitrogens with zero attached hydrogens (tertiary/aromatic N) is 2. The van der Waals surface area contributed by atoms with E-state index in [0.29, 0.717) is 27.3 Å². The van der Waals surface area contributed by atoms with Crippen molar-refractivity contribution in [3.05, 3.63) is 93.4 Å². The Labute approximate surface area is 231 Å². The summed E-state index contributed by atoms with van der Waals surface area (Å²) in [6.07, 6.45) is 0. The van der Waals surface area contributed by atoms with Crippen molar-refractivity contribution in [1.82, 2.24) is 10.2 Å². The molecule has 0 radical (unpaired) electrons. The molecule has 0 saturated carbocycles. The van der Waals surface area contributed by atoms with Crippen molar-refractivity contribution in [2.24, 2.45) is 0 Å². The van der Waals surface area contributed by atoms with Gasteiger partial charge in [0, 0.05) is 22.6 Å². The highest BCUT2D eigenvalue weighted by Crippen LogP contribution is 2.27. The number of hydrogen-bond donors (Lipinski definition) is 1. The topological polar surface area (TPSA) is 86.8 Å². The van der Waals surface area contributed by atoms with E-state index in [-0.39, 0.29) is 17.3 Å². The predicted molar refractivity (Wildman–Crippen MR) is 150 cm³/mol. The van der Waals surface area contributed by atoms with E-state index in [2.05, 4.69) is 21.2 Å². The summed E-state index contributed by atoms with van der Waals surface area (Å²) >= 11 is 9.53. The van der Waals surface area contributed by atoms with Gasteiger partial charge in [-0.2, -0.15) is 0 Å². The average Bonchev–Trinajstić information content (AvgIpc) is 2.85. The highest BCUT2D eigenvalue weighted by molar-refractivity contribution is 9.10. The number of aryl methyl sites for hydroxylation is 1. The van der Waals surface area contributed by atoms with Crippen LogP contribution in [0.3, 0.4) is 0 Å². The molecule has 196 valence electrons. The zero-order valence-corrected chi connectivity index (χ0v) is 24.0. The fourth-order valence-corrected chi connectivity index (χ4v) is 5.74. The normalized spacial score (nSPS) is 12.0. The first-order chi connectivity index (χ1) is 17.5. The summed E-state index contributed by atoms with van der Waals surface area (Å²) in [6.45, 7) is 5.24. The van der Waals surface area contributed by atoms with Crippen LogP contribution in [0.15, 0.2) is 82.2 Å². The maximum Gasteiger partial charge on any atom is 0.264 e. The smallest absolute Gasteiger partial charge is 0.264 e. The maximum absolute atomic E-state index is 13.8. The lowest BCUT2D eigenvalue weighted by Gasteiger charge is -2.32. The van der Waals surface area contributed by atoms with Crippen molar-refractivity contribution >= 4 is 55.1 Å². The van der Waals surface area contributed by atoms with E-state index >= 15 is 0 Å². The Bertz CT molecular complexity index is 1370. The monoisotopic (exact) mass is 605 g/mol. The van der Waals surface area contributed by atoms with E-state index in [1.165, 1.54) is 17.0 Å². The molecule has 1 atom stereocenters. The lowest BCUT2D eigenvalue weighted by atomic mass is 10.1. The number of anilines is 1. The Hall–Kier alpha value is -2.88. The van der Waals surface area contributed by atoms with Crippen LogP contribution in [0.25, 0.3) is 0 Å². The van der Waals surface area contributed by atoms with Gasteiger partial charge in [0.2, 0.25) is 11.8 Å². The van der Waals surface area contributed by atoms with Gasteiger partial charge in [0.05, 0.1) is 10.6 Å². The van der Waals surface area contributed by atoms with Gasteiger partial charge in [0.15, 0.2) is 0 Å². The maximum atomic E-state index is 13.8. The summed E-state index contributed by atoms with van der Waals surface area (Å²) in [5, 5.41) is 3.23. The van der Waals surface area contributed by atoms with Gasteiger partial charge in [-0.1, -0.05) is 63.4 Å². The first kappa shape index (κ1) is 28.7. The summed E-state index contributed by atoms with van der Waals surface area (Å²) in [5.41, 5.74) is 1.94. The number of carbonyl (C=O) groups excluding carboxylic acids is 2. The van der Waals surface area contributed by atoms with Gasteiger partial charge in [-0.25, -0.2) is 8.42 Å². The predicted octanol–water partition coefficient (Wildman–Crippen LogP) is 5.16. The number of benzene rings is 3. The van der Waals surface area contributed by atoms with Crippen LogP contribution < -0.4 is 9.62 Å². The van der Waals surface area contributed by atoms with Crippen LogP contribution in [0.1, 0.15) is 25.0 Å². The third kappa shape index (κ3) is 7.34. The second-order valence-electron chi connectivity index (χ2n) is 8.53. The van der Waals surface area contributed by atoms with Crippen LogP contribution in [-0.2, 0) is 26.2 Å². The molecule has 0 bridgehead atoms. The molecule has 37 heavy (non-hydrogen) atoms. The molecule has 2 amide bonds. The fraction of sp³-hybridized carbons (Fsp3) is 0.259. The number of sulfonamides is 1. The molecule has 3 rings (SSSR count). The minimum atomic E-state index is -4.11. The average molecular weight is 607 g/mol. The Balaban J connectivity index is 2.03. The molecule has 3 aromatic carbocycles. The van der Waals surface area contributed by atoms with Crippen molar-refractivity contribution in [3.63, 3.8) is 0 Å². The molecular weight excluding hydrogens is 578 g/mol. The van der Waals surface area contributed by atoms with E-state index in [4.69, 9.17) is 11.6 Å². The highest BCUT2D eigenvalue weighted by Gasteiger charge is 2.32. The van der Waals surface area contributed by atoms with Gasteiger partial charge in [0.25, 0.3) is 10.0 Å². The number of hydrogen-bond acceptors (Lipinski definition) is 4. The SMILES string of the molecule is CCNC(=O)[C@@H](C)N(Cc1cccc(Cl)c1)C(=O)CN(c1cccc(Br)c1)S(=O)(=O)c1ccc(C)cc1. The van der Waals surface area contributed by atoms with Crippen molar-refractivity contribution in [3.8, 4) is 0 Å². The van der Waals surface area contributed by atoms with Crippen LogP contribution in [0, 0.1) is 6.92 Å². The van der Waals surface area contributed by atoms with Crippen molar-refractivity contribution in [2.45, 2.75) is 38.3 Å². The quantitative estimate of drug-likeness (QED) is 0.346. The van der Waals surface area contributed by atoms with E-state index in [1.54, 1.807) is 74.5 Å². The van der Waals surface area contributed by atoms with Crippen molar-refractivity contribution < 1.29 is 18.0 Å². The molecule has 0 spiro atoms. The number of halogens is 2. The summed E-state index contributed by atoms with van der Waals surface area (Å²) < 4.78 is 29.3. The molecule has 0 heterocycles. The van der Waals surface area contributed by atoms with Crippen LogP contribution >= 0.6 is 27.5 Å². The molecule has 0 aliphatic carbocycles. The third-order valence-corrected chi connectivity index (χ3v) is 8.26. The number of carbonyl (C=O) groups is 2. The van der Waals surface area contributed by atoms with Gasteiger partial charge in [-0.05, 0) is 68.8 Å². The Morgan fingerprint density at radius 3 is 2.32 bits per heavy atom. The van der Waals surface area contributed by atoms with Crippen molar-refractivity contribution in [1.29, 1.82) is 0 Å². The van der Waals surface area contributed by atoms with Crippen LogP contribution in [0.5, 0.6) is 0 Å². The number of amides is 2. The third-order valence-electron chi connectivity index (χ3n) is 5.74. The largest absolute Gasteiger partial charge is 0.355 e. The minimum Gasteiger partial charge on any atom is -0.355 e. The summed E-state index contributed by atoms with van der Waals surface area (Å²) in [4.78, 5) is 27.9. The second kappa shape index (κ2) is 12.6. The molecule has 0 fully saturated rings. The Morgan fingerprint density at radius 2 is 1.70 bits per heavy atom. The van der Waals surface area contributed by atoms with Gasteiger partial charge in [-0.15, -0.1) is 0 Å². The zero-order chi connectivity index (χ0) is 27.2. The molecule has 0 saturated heterocycles. The molecule has 0 aliphatic rings. The van der Waals surface area contributed by atoms with Gasteiger partial charge in [0.1, 0.15) is 12.6 Å². The van der Waals surface area contributed by atoms with Crippen LogP contribution in [0.4, 0.5) is 5.69 Å². The fourth-order valence-electron chi connectivity index (χ4n) is 3.73. The molecule has 0 aromatic heterocycles. The molecule has 3 aromatic rings. The van der Waals surface area contributed by atoms with Crippen LogP contribution in [-0.4, -0.2) is 44.3 Å². The molecule has 10 heteroatoms. The molecule has 0 aliphatic heterocycles. The number of rotatable bonds is 10. The summed E-state index contributed by atoms with van der Waals surface area (Å²) in [5.74, 6) is -0.873. The first-order valence-electron chi connectivity index (χ1n) is 11.7. The first-order valence-corrected chi connectivity index (χ1v) is 14.3. The van der Waals surface area contributed by atoms with E-state index in [0.717, 1.165) is 9.87 Å². The number of likely N-dealkylation sites (N-methyl/N-ethyl adjacent to an activating group) is 1.